The van der Waals surface area contributed by atoms with Crippen molar-refractivity contribution in [3.8, 4) is 0 Å². The van der Waals surface area contributed by atoms with Gasteiger partial charge in [-0.25, -0.2) is 9.68 Å². The molecular weight excluding hydrogens is 280 g/mol. The Morgan fingerprint density at radius 3 is 2.27 bits per heavy atom. The summed E-state index contributed by atoms with van der Waals surface area (Å²) in [6.45, 7) is 5.61. The number of carbonyl (C=O) groups excluding carboxylic acids is 1. The average molecular weight is 298 g/mol. The van der Waals surface area contributed by atoms with Crippen LogP contribution < -0.4 is 0 Å². The smallest absolute Gasteiger partial charge is 0.341 e. The Bertz CT molecular complexity index is 688. The first-order chi connectivity index (χ1) is 10.4. The maximum absolute atomic E-state index is 12.2. The van der Waals surface area contributed by atoms with Crippen LogP contribution in [-0.4, -0.2) is 11.6 Å². The molecule has 2 aromatic carbocycles. The van der Waals surface area contributed by atoms with Gasteiger partial charge >= 0.3 is 5.97 Å². The second-order valence-corrected chi connectivity index (χ2v) is 6.20. The standard InChI is InChI=1S/C18H18O4/c1-17(2,3)21-22-18(13-9-5-4-6-10-13)15-12-8-7-11-14(15)16(19)20-18/h4-12H,1-3H3. The van der Waals surface area contributed by atoms with Crippen LogP contribution in [0.2, 0.25) is 0 Å². The summed E-state index contributed by atoms with van der Waals surface area (Å²) in [5.41, 5.74) is 1.31. The fourth-order valence-corrected chi connectivity index (χ4v) is 2.35. The molecule has 0 bridgehead atoms. The van der Waals surface area contributed by atoms with E-state index in [2.05, 4.69) is 0 Å². The van der Waals surface area contributed by atoms with Crippen LogP contribution in [0, 0.1) is 0 Å². The molecule has 1 atom stereocenters. The van der Waals surface area contributed by atoms with Gasteiger partial charge in [0.25, 0.3) is 5.79 Å². The van der Waals surface area contributed by atoms with Gasteiger partial charge in [0.2, 0.25) is 0 Å². The number of carbonyl (C=O) groups is 1. The van der Waals surface area contributed by atoms with Crippen LogP contribution in [-0.2, 0) is 20.3 Å². The quantitative estimate of drug-likeness (QED) is 0.491. The largest absolute Gasteiger partial charge is 0.418 e. The monoisotopic (exact) mass is 298 g/mol. The van der Waals surface area contributed by atoms with E-state index >= 15 is 0 Å². The number of fused-ring (bicyclic) bond motifs is 1. The zero-order valence-corrected chi connectivity index (χ0v) is 12.8. The number of benzene rings is 2. The normalized spacial score (nSPS) is 20.6. The van der Waals surface area contributed by atoms with Gasteiger partial charge in [0.05, 0.1) is 11.2 Å². The molecule has 0 aromatic heterocycles. The maximum Gasteiger partial charge on any atom is 0.341 e. The molecule has 1 aliphatic heterocycles. The van der Waals surface area contributed by atoms with E-state index in [-0.39, 0.29) is 0 Å². The first-order valence-electron chi connectivity index (χ1n) is 7.18. The van der Waals surface area contributed by atoms with Crippen molar-refractivity contribution in [3.63, 3.8) is 0 Å². The van der Waals surface area contributed by atoms with Gasteiger partial charge in [-0.2, -0.15) is 4.89 Å². The molecule has 0 fully saturated rings. The number of hydrogen-bond acceptors (Lipinski definition) is 4. The zero-order valence-electron chi connectivity index (χ0n) is 12.8. The Morgan fingerprint density at radius 1 is 0.955 bits per heavy atom. The third kappa shape index (κ3) is 2.51. The number of hydrogen-bond donors (Lipinski definition) is 0. The SMILES string of the molecule is CC(C)(C)OOC1(c2ccccc2)OC(=O)c2ccccc21. The van der Waals surface area contributed by atoms with Crippen molar-refractivity contribution >= 4 is 5.97 Å². The van der Waals surface area contributed by atoms with Crippen molar-refractivity contribution in [2.45, 2.75) is 32.2 Å². The molecule has 0 aliphatic carbocycles. The molecule has 1 heterocycles. The fraction of sp³-hybridized carbons (Fsp3) is 0.278. The summed E-state index contributed by atoms with van der Waals surface area (Å²) in [4.78, 5) is 23.4. The van der Waals surface area contributed by atoms with Crippen LogP contribution in [0.3, 0.4) is 0 Å². The highest BCUT2D eigenvalue weighted by Crippen LogP contribution is 2.43. The topological polar surface area (TPSA) is 44.8 Å². The molecule has 0 N–H and O–H groups in total. The lowest BCUT2D eigenvalue weighted by Crippen LogP contribution is -2.35. The van der Waals surface area contributed by atoms with Gasteiger partial charge in [-0.3, -0.25) is 0 Å². The van der Waals surface area contributed by atoms with Gasteiger partial charge in [0, 0.05) is 11.1 Å². The molecule has 0 amide bonds. The predicted octanol–water partition coefficient (Wildman–Crippen LogP) is 3.80. The summed E-state index contributed by atoms with van der Waals surface area (Å²) in [6.07, 6.45) is 0. The lowest BCUT2D eigenvalue weighted by molar-refractivity contribution is -0.440. The van der Waals surface area contributed by atoms with Crippen LogP contribution in [0.1, 0.15) is 42.3 Å². The van der Waals surface area contributed by atoms with E-state index in [0.717, 1.165) is 0 Å². The van der Waals surface area contributed by atoms with Gasteiger partial charge in [-0.05, 0) is 26.8 Å². The van der Waals surface area contributed by atoms with Crippen molar-refractivity contribution in [1.29, 1.82) is 0 Å². The van der Waals surface area contributed by atoms with E-state index in [1.165, 1.54) is 0 Å². The Hall–Kier alpha value is -2.17. The lowest BCUT2D eigenvalue weighted by atomic mass is 9.96. The van der Waals surface area contributed by atoms with Crippen LogP contribution in [0.4, 0.5) is 0 Å². The van der Waals surface area contributed by atoms with Gasteiger partial charge in [-0.1, -0.05) is 48.5 Å². The Morgan fingerprint density at radius 2 is 1.59 bits per heavy atom. The van der Waals surface area contributed by atoms with E-state index in [0.29, 0.717) is 16.7 Å². The molecule has 4 nitrogen and oxygen atoms in total. The van der Waals surface area contributed by atoms with Crippen molar-refractivity contribution in [1.82, 2.24) is 0 Å². The average Bonchev–Trinajstić information content (AvgIpc) is 2.80. The highest BCUT2D eigenvalue weighted by Gasteiger charge is 2.50. The van der Waals surface area contributed by atoms with Crippen molar-refractivity contribution in [3.05, 3.63) is 71.3 Å². The molecule has 1 unspecified atom stereocenters. The van der Waals surface area contributed by atoms with E-state index in [9.17, 15) is 4.79 Å². The van der Waals surface area contributed by atoms with Crippen molar-refractivity contribution < 1.29 is 19.3 Å². The first kappa shape index (κ1) is 14.8. The van der Waals surface area contributed by atoms with Crippen LogP contribution in [0.25, 0.3) is 0 Å². The summed E-state index contributed by atoms with van der Waals surface area (Å²) in [5.74, 6) is -1.79. The lowest BCUT2D eigenvalue weighted by Gasteiger charge is -2.31. The van der Waals surface area contributed by atoms with Crippen molar-refractivity contribution in [2.75, 3.05) is 0 Å². The van der Waals surface area contributed by atoms with Crippen LogP contribution >= 0.6 is 0 Å². The Kier molecular flexibility index (Phi) is 3.51. The zero-order chi connectivity index (χ0) is 15.8. The number of esters is 1. The molecule has 22 heavy (non-hydrogen) atoms. The Balaban J connectivity index is 2.12. The molecule has 3 rings (SSSR count). The molecular formula is C18H18O4. The molecule has 0 radical (unpaired) electrons. The second-order valence-electron chi connectivity index (χ2n) is 6.20. The minimum absolute atomic E-state index is 0.419. The molecule has 4 heteroatoms. The molecule has 1 aliphatic rings. The fourth-order valence-electron chi connectivity index (χ4n) is 2.35. The predicted molar refractivity (Wildman–Crippen MR) is 81.0 cm³/mol. The highest BCUT2D eigenvalue weighted by molar-refractivity contribution is 5.95. The minimum Gasteiger partial charge on any atom is -0.418 e. The number of ether oxygens (including phenoxy) is 1. The summed E-state index contributed by atoms with van der Waals surface area (Å²) in [6, 6.07) is 16.5. The third-order valence-corrected chi connectivity index (χ3v) is 3.30. The molecule has 0 saturated carbocycles. The molecule has 0 spiro atoms. The van der Waals surface area contributed by atoms with Gasteiger partial charge < -0.3 is 4.74 Å². The number of rotatable bonds is 3. The van der Waals surface area contributed by atoms with E-state index in [4.69, 9.17) is 14.5 Å². The van der Waals surface area contributed by atoms with Gasteiger partial charge in [-0.15, -0.1) is 0 Å². The second kappa shape index (κ2) is 5.23. The van der Waals surface area contributed by atoms with E-state index < -0.39 is 17.4 Å². The third-order valence-electron chi connectivity index (χ3n) is 3.30. The molecule has 114 valence electrons. The van der Waals surface area contributed by atoms with Crippen LogP contribution in [0.5, 0.6) is 0 Å². The van der Waals surface area contributed by atoms with E-state index in [1.807, 2.05) is 63.2 Å². The van der Waals surface area contributed by atoms with E-state index in [1.54, 1.807) is 12.1 Å². The number of cyclic esters (lactones) is 1. The summed E-state index contributed by atoms with van der Waals surface area (Å²) in [5, 5.41) is 0. The highest BCUT2D eigenvalue weighted by atomic mass is 17.2. The van der Waals surface area contributed by atoms with Crippen molar-refractivity contribution in [2.24, 2.45) is 0 Å². The molecule has 0 saturated heterocycles. The minimum atomic E-state index is -1.37. The summed E-state index contributed by atoms with van der Waals surface area (Å²) >= 11 is 0. The van der Waals surface area contributed by atoms with Gasteiger partial charge in [0.1, 0.15) is 0 Å². The van der Waals surface area contributed by atoms with Gasteiger partial charge in [0.15, 0.2) is 0 Å². The maximum atomic E-state index is 12.2. The first-order valence-corrected chi connectivity index (χ1v) is 7.18. The summed E-state index contributed by atoms with van der Waals surface area (Å²) < 4.78 is 5.61. The molecule has 2 aromatic rings. The van der Waals surface area contributed by atoms with Crippen LogP contribution in [0.15, 0.2) is 54.6 Å². The summed E-state index contributed by atoms with van der Waals surface area (Å²) in [7, 11) is 0. The Labute approximate surface area is 129 Å².